The van der Waals surface area contributed by atoms with Gasteiger partial charge in [0.2, 0.25) is 5.91 Å². The molecule has 5 heteroatoms. The molecule has 0 aliphatic rings. The van der Waals surface area contributed by atoms with Gasteiger partial charge < -0.3 is 15.2 Å². The number of carboxylic acids is 1. The van der Waals surface area contributed by atoms with Crippen molar-refractivity contribution in [2.24, 2.45) is 0 Å². The van der Waals surface area contributed by atoms with Crippen LogP contribution in [-0.2, 0) is 20.7 Å². The van der Waals surface area contributed by atoms with Crippen LogP contribution >= 0.6 is 0 Å². The monoisotopic (exact) mass is 279 g/mol. The highest BCUT2D eigenvalue weighted by molar-refractivity contribution is 5.84. The van der Waals surface area contributed by atoms with Gasteiger partial charge >= 0.3 is 5.97 Å². The smallest absolute Gasteiger partial charge is 0.326 e. The van der Waals surface area contributed by atoms with Gasteiger partial charge in [-0.25, -0.2) is 4.79 Å². The predicted molar refractivity (Wildman–Crippen MR) is 75.4 cm³/mol. The Morgan fingerprint density at radius 1 is 1.30 bits per heavy atom. The summed E-state index contributed by atoms with van der Waals surface area (Å²) in [6.45, 7) is 3.55. The zero-order valence-electron chi connectivity index (χ0n) is 12.1. The van der Waals surface area contributed by atoms with E-state index in [2.05, 4.69) is 5.32 Å². The molecule has 1 rings (SSSR count). The van der Waals surface area contributed by atoms with Gasteiger partial charge in [0.05, 0.1) is 12.0 Å². The van der Waals surface area contributed by atoms with Crippen LogP contribution in [0.25, 0.3) is 0 Å². The van der Waals surface area contributed by atoms with Crippen LogP contribution < -0.4 is 5.32 Å². The van der Waals surface area contributed by atoms with Crippen LogP contribution in [-0.4, -0.2) is 35.7 Å². The summed E-state index contributed by atoms with van der Waals surface area (Å²) in [4.78, 5) is 23.1. The van der Waals surface area contributed by atoms with Crippen molar-refractivity contribution in [2.45, 2.75) is 38.3 Å². The Kier molecular flexibility index (Phi) is 5.70. The van der Waals surface area contributed by atoms with Crippen molar-refractivity contribution in [2.75, 3.05) is 7.11 Å². The SMILES string of the molecule is COC(C)(C)CC(=O)N[C@@H](Cc1ccccc1)C(=O)O. The lowest BCUT2D eigenvalue weighted by Crippen LogP contribution is -2.44. The molecule has 0 bridgehead atoms. The van der Waals surface area contributed by atoms with E-state index in [1.165, 1.54) is 7.11 Å². The van der Waals surface area contributed by atoms with Crippen molar-refractivity contribution in [1.29, 1.82) is 0 Å². The first kappa shape index (κ1) is 16.2. The number of amides is 1. The number of methoxy groups -OCH3 is 1. The standard InChI is InChI=1S/C15H21NO4/c1-15(2,20-3)10-13(17)16-12(14(18)19)9-11-7-5-4-6-8-11/h4-8,12H,9-10H2,1-3H3,(H,16,17)(H,18,19)/t12-/m0/s1. The van der Waals surface area contributed by atoms with Crippen molar-refractivity contribution in [3.63, 3.8) is 0 Å². The zero-order valence-corrected chi connectivity index (χ0v) is 12.1. The number of nitrogens with one attached hydrogen (secondary N) is 1. The van der Waals surface area contributed by atoms with Crippen LogP contribution in [0.1, 0.15) is 25.8 Å². The van der Waals surface area contributed by atoms with Gasteiger partial charge in [-0.15, -0.1) is 0 Å². The molecule has 0 fully saturated rings. The van der Waals surface area contributed by atoms with Gasteiger partial charge in [0, 0.05) is 13.5 Å². The molecule has 0 spiro atoms. The second-order valence-electron chi connectivity index (χ2n) is 5.29. The molecule has 1 atom stereocenters. The Balaban J connectivity index is 2.64. The maximum Gasteiger partial charge on any atom is 0.326 e. The molecule has 5 nitrogen and oxygen atoms in total. The van der Waals surface area contributed by atoms with Gasteiger partial charge in [-0.3, -0.25) is 4.79 Å². The molecule has 0 saturated carbocycles. The van der Waals surface area contributed by atoms with Crippen LogP contribution in [0.15, 0.2) is 30.3 Å². The lowest BCUT2D eigenvalue weighted by molar-refractivity contribution is -0.142. The van der Waals surface area contributed by atoms with Gasteiger partial charge in [0.1, 0.15) is 6.04 Å². The Morgan fingerprint density at radius 2 is 1.90 bits per heavy atom. The van der Waals surface area contributed by atoms with Gasteiger partial charge in [-0.05, 0) is 19.4 Å². The number of aliphatic carboxylic acids is 1. The number of hydrogen-bond donors (Lipinski definition) is 2. The van der Waals surface area contributed by atoms with E-state index in [9.17, 15) is 14.7 Å². The maximum absolute atomic E-state index is 11.9. The minimum Gasteiger partial charge on any atom is -0.480 e. The van der Waals surface area contributed by atoms with E-state index < -0.39 is 17.6 Å². The molecule has 0 aliphatic carbocycles. The van der Waals surface area contributed by atoms with Gasteiger partial charge in [-0.1, -0.05) is 30.3 Å². The first-order valence-corrected chi connectivity index (χ1v) is 6.45. The van der Waals surface area contributed by atoms with Crippen LogP contribution in [0.4, 0.5) is 0 Å². The van der Waals surface area contributed by atoms with Gasteiger partial charge in [-0.2, -0.15) is 0 Å². The highest BCUT2D eigenvalue weighted by atomic mass is 16.5. The molecule has 0 heterocycles. The summed E-state index contributed by atoms with van der Waals surface area (Å²) in [5, 5.41) is 11.7. The van der Waals surface area contributed by atoms with Crippen LogP contribution in [0.2, 0.25) is 0 Å². The summed E-state index contributed by atoms with van der Waals surface area (Å²) in [5.41, 5.74) is 0.256. The second kappa shape index (κ2) is 7.05. The minimum absolute atomic E-state index is 0.113. The molecule has 110 valence electrons. The van der Waals surface area contributed by atoms with Crippen molar-refractivity contribution >= 4 is 11.9 Å². The summed E-state index contributed by atoms with van der Waals surface area (Å²) in [6, 6.07) is 8.27. The zero-order chi connectivity index (χ0) is 15.2. The molecule has 0 aromatic heterocycles. The average molecular weight is 279 g/mol. The lowest BCUT2D eigenvalue weighted by Gasteiger charge is -2.23. The Morgan fingerprint density at radius 3 is 2.40 bits per heavy atom. The molecular weight excluding hydrogens is 258 g/mol. The molecule has 2 N–H and O–H groups in total. The topological polar surface area (TPSA) is 75.6 Å². The van der Waals surface area contributed by atoms with Crippen molar-refractivity contribution in [3.8, 4) is 0 Å². The number of hydrogen-bond acceptors (Lipinski definition) is 3. The molecular formula is C15H21NO4. The lowest BCUT2D eigenvalue weighted by atomic mass is 10.0. The van der Waals surface area contributed by atoms with Gasteiger partial charge in [0.15, 0.2) is 0 Å². The molecule has 0 saturated heterocycles. The molecule has 1 amide bonds. The van der Waals surface area contributed by atoms with Gasteiger partial charge in [0.25, 0.3) is 0 Å². The van der Waals surface area contributed by atoms with Crippen molar-refractivity contribution in [1.82, 2.24) is 5.32 Å². The van der Waals surface area contributed by atoms with Crippen molar-refractivity contribution < 1.29 is 19.4 Å². The third kappa shape index (κ3) is 5.40. The highest BCUT2D eigenvalue weighted by Gasteiger charge is 2.25. The fourth-order valence-corrected chi connectivity index (χ4v) is 1.75. The maximum atomic E-state index is 11.9. The summed E-state index contributed by atoms with van der Waals surface area (Å²) in [7, 11) is 1.52. The number of carbonyl (C=O) groups excluding carboxylic acids is 1. The summed E-state index contributed by atoms with van der Waals surface area (Å²) in [5.74, 6) is -1.38. The quantitative estimate of drug-likeness (QED) is 0.795. The first-order chi connectivity index (χ1) is 9.34. The number of benzene rings is 1. The fourth-order valence-electron chi connectivity index (χ4n) is 1.75. The third-order valence-corrected chi connectivity index (χ3v) is 3.05. The van der Waals surface area contributed by atoms with Crippen molar-refractivity contribution in [3.05, 3.63) is 35.9 Å². The van der Waals surface area contributed by atoms with Crippen LogP contribution in [0.5, 0.6) is 0 Å². The Labute approximate surface area is 118 Å². The fraction of sp³-hybridized carbons (Fsp3) is 0.467. The Bertz CT molecular complexity index is 456. The molecule has 0 radical (unpaired) electrons. The highest BCUT2D eigenvalue weighted by Crippen LogP contribution is 2.13. The van der Waals surface area contributed by atoms with E-state index in [0.29, 0.717) is 0 Å². The summed E-state index contributed by atoms with van der Waals surface area (Å²) in [6.07, 6.45) is 0.372. The minimum atomic E-state index is -1.04. The summed E-state index contributed by atoms with van der Waals surface area (Å²) >= 11 is 0. The molecule has 0 unspecified atom stereocenters. The molecule has 20 heavy (non-hydrogen) atoms. The molecule has 1 aromatic rings. The Hall–Kier alpha value is -1.88. The predicted octanol–water partition coefficient (Wildman–Crippen LogP) is 1.61. The normalized spacial score (nSPS) is 12.8. The van der Waals surface area contributed by atoms with E-state index in [1.54, 1.807) is 13.8 Å². The first-order valence-electron chi connectivity index (χ1n) is 6.45. The number of ether oxygens (including phenoxy) is 1. The molecule has 1 aromatic carbocycles. The summed E-state index contributed by atoms with van der Waals surface area (Å²) < 4.78 is 5.16. The average Bonchev–Trinajstić information content (AvgIpc) is 2.38. The van der Waals surface area contributed by atoms with Crippen LogP contribution in [0, 0.1) is 0 Å². The second-order valence-corrected chi connectivity index (χ2v) is 5.29. The largest absolute Gasteiger partial charge is 0.480 e. The van der Waals surface area contributed by atoms with E-state index >= 15 is 0 Å². The van der Waals surface area contributed by atoms with E-state index in [4.69, 9.17) is 4.74 Å². The third-order valence-electron chi connectivity index (χ3n) is 3.05. The molecule has 0 aliphatic heterocycles. The van der Waals surface area contributed by atoms with E-state index in [1.807, 2.05) is 30.3 Å². The van der Waals surface area contributed by atoms with E-state index in [-0.39, 0.29) is 18.7 Å². The number of carboxylic acid groups (broad SMARTS) is 1. The number of carbonyl (C=O) groups is 2. The van der Waals surface area contributed by atoms with E-state index in [0.717, 1.165) is 5.56 Å². The number of rotatable bonds is 7. The van der Waals surface area contributed by atoms with Crippen LogP contribution in [0.3, 0.4) is 0 Å².